The summed E-state index contributed by atoms with van der Waals surface area (Å²) in [4.78, 5) is 27.0. The molecule has 0 bridgehead atoms. The number of carbonyl (C=O) groups is 3. The largest absolute Gasteiger partial charge is 0.481 e. The van der Waals surface area contributed by atoms with Gasteiger partial charge in [-0.15, -0.1) is 0 Å². The molecule has 0 spiro atoms. The Bertz CT molecular complexity index is 111. The van der Waals surface area contributed by atoms with Gasteiger partial charge in [-0.3, -0.25) is 14.4 Å². The minimum Gasteiger partial charge on any atom is -0.481 e. The van der Waals surface area contributed by atoms with Gasteiger partial charge in [-0.05, 0) is 0 Å². The summed E-state index contributed by atoms with van der Waals surface area (Å²) in [6.07, 6.45) is 0. The van der Waals surface area contributed by atoms with E-state index >= 15 is 0 Å². The highest BCUT2D eigenvalue weighted by Crippen LogP contribution is 1.42. The Hall–Kier alpha value is -1.67. The molecule has 0 fully saturated rings. The first-order valence-corrected chi connectivity index (χ1v) is 2.78. The lowest BCUT2D eigenvalue weighted by Gasteiger charge is -1.59. The molecule has 0 aromatic carbocycles. The van der Waals surface area contributed by atoms with Crippen LogP contribution >= 0.6 is 0 Å². The molecule has 0 atom stereocenters. The number of carboxylic acids is 3. The van der Waals surface area contributed by atoms with Crippen LogP contribution < -0.4 is 0 Å². The van der Waals surface area contributed by atoms with Crippen LogP contribution in [0.1, 0.15) is 20.8 Å². The van der Waals surface area contributed by atoms with Crippen LogP contribution in [-0.4, -0.2) is 44.2 Å². The predicted molar refractivity (Wildman–Crippen MR) is 47.2 cm³/mol. The lowest BCUT2D eigenvalue weighted by molar-refractivity contribution is -0.135. The van der Waals surface area contributed by atoms with Crippen molar-refractivity contribution < 1.29 is 40.7 Å². The van der Waals surface area contributed by atoms with Crippen LogP contribution in [0.15, 0.2) is 0 Å². The lowest BCUT2D eigenvalue weighted by Crippen LogP contribution is -1.78. The number of hydrogen-bond donors (Lipinski definition) is 3. The first kappa shape index (κ1) is 29.5. The van der Waals surface area contributed by atoms with Crippen molar-refractivity contribution in [3.63, 3.8) is 0 Å². The highest BCUT2D eigenvalue weighted by molar-refractivity contribution is 5.63. The molecular weight excluding hydrogens is 200 g/mol. The third-order valence-electron chi connectivity index (χ3n) is 0. The summed E-state index contributed by atoms with van der Waals surface area (Å²) in [5.74, 6) is -2.50. The molecule has 8 heteroatoms. The average Bonchev–Trinajstić information content (AvgIpc) is 1.54. The topological polar surface area (TPSA) is 175 Å². The van der Waals surface area contributed by atoms with Crippen molar-refractivity contribution in [2.75, 3.05) is 0 Å². The van der Waals surface area contributed by atoms with E-state index in [0.717, 1.165) is 20.8 Å². The van der Waals surface area contributed by atoms with Gasteiger partial charge in [0.05, 0.1) is 0 Å². The molecular formula is C6H16O8. The van der Waals surface area contributed by atoms with E-state index in [1.807, 2.05) is 0 Å². The second kappa shape index (κ2) is 22.5. The van der Waals surface area contributed by atoms with Crippen molar-refractivity contribution in [3.8, 4) is 0 Å². The number of hydrogen-bond acceptors (Lipinski definition) is 3. The monoisotopic (exact) mass is 216 g/mol. The van der Waals surface area contributed by atoms with Crippen LogP contribution in [0, 0.1) is 0 Å². The van der Waals surface area contributed by atoms with Gasteiger partial charge in [-0.25, -0.2) is 0 Å². The molecule has 0 heterocycles. The van der Waals surface area contributed by atoms with Gasteiger partial charge < -0.3 is 26.3 Å². The maximum Gasteiger partial charge on any atom is 0.300 e. The zero-order valence-corrected chi connectivity index (χ0v) is 8.07. The molecule has 0 saturated heterocycles. The van der Waals surface area contributed by atoms with E-state index in [1.54, 1.807) is 0 Å². The zero-order valence-electron chi connectivity index (χ0n) is 8.07. The first-order chi connectivity index (χ1) is 5.20. The van der Waals surface area contributed by atoms with Gasteiger partial charge in [-0.2, -0.15) is 0 Å². The van der Waals surface area contributed by atoms with E-state index in [1.165, 1.54) is 0 Å². The molecule has 7 N–H and O–H groups in total. The van der Waals surface area contributed by atoms with Gasteiger partial charge in [0.25, 0.3) is 17.9 Å². The summed E-state index contributed by atoms with van der Waals surface area (Å²) in [6, 6.07) is 0. The number of carboxylic acid groups (broad SMARTS) is 3. The molecule has 0 saturated carbocycles. The standard InChI is InChI=1S/3C2H4O2.2H2O/c3*1-2(3)4;;/h3*1H3,(H,3,4);2*1H2. The fourth-order valence-electron chi connectivity index (χ4n) is 0. The van der Waals surface area contributed by atoms with Crippen LogP contribution in [0.25, 0.3) is 0 Å². The first-order valence-electron chi connectivity index (χ1n) is 2.78. The average molecular weight is 216 g/mol. The van der Waals surface area contributed by atoms with Crippen LogP contribution in [0.4, 0.5) is 0 Å². The number of rotatable bonds is 0. The molecule has 0 aliphatic rings. The molecule has 0 amide bonds. The second-order valence-corrected chi connectivity index (χ2v) is 1.56. The molecule has 0 aromatic rings. The quantitative estimate of drug-likeness (QED) is 0.449. The summed E-state index contributed by atoms with van der Waals surface area (Å²) in [5.41, 5.74) is 0. The Morgan fingerprint density at radius 3 is 0.643 bits per heavy atom. The van der Waals surface area contributed by atoms with Crippen molar-refractivity contribution >= 4 is 17.9 Å². The predicted octanol–water partition coefficient (Wildman–Crippen LogP) is -1.38. The maximum atomic E-state index is 9.00. The molecule has 0 aliphatic carbocycles. The molecule has 0 rings (SSSR count). The Balaban J connectivity index is -0.0000000270. The Morgan fingerprint density at radius 1 is 0.643 bits per heavy atom. The maximum absolute atomic E-state index is 9.00. The molecule has 0 aromatic heterocycles. The van der Waals surface area contributed by atoms with Crippen molar-refractivity contribution in [1.29, 1.82) is 0 Å². The fourth-order valence-corrected chi connectivity index (χ4v) is 0. The molecule has 0 aliphatic heterocycles. The van der Waals surface area contributed by atoms with E-state index in [4.69, 9.17) is 29.7 Å². The normalized spacial score (nSPS) is 5.36. The SMILES string of the molecule is CC(=O)O.CC(=O)O.CC(=O)O.O.O. The van der Waals surface area contributed by atoms with Crippen LogP contribution in [0.3, 0.4) is 0 Å². The Kier molecular flexibility index (Phi) is 47.3. The highest BCUT2D eigenvalue weighted by atomic mass is 16.4. The lowest BCUT2D eigenvalue weighted by atomic mass is 10.9. The highest BCUT2D eigenvalue weighted by Gasteiger charge is 1.66. The molecule has 88 valence electrons. The molecule has 0 unspecified atom stereocenters. The van der Waals surface area contributed by atoms with Crippen LogP contribution in [0.2, 0.25) is 0 Å². The van der Waals surface area contributed by atoms with Crippen molar-refractivity contribution in [2.45, 2.75) is 20.8 Å². The minimum absolute atomic E-state index is 0. The Labute approximate surface area is 80.4 Å². The minimum atomic E-state index is -0.833. The Morgan fingerprint density at radius 2 is 0.643 bits per heavy atom. The van der Waals surface area contributed by atoms with Gasteiger partial charge in [-0.1, -0.05) is 0 Å². The smallest absolute Gasteiger partial charge is 0.300 e. The van der Waals surface area contributed by atoms with Gasteiger partial charge >= 0.3 is 0 Å². The van der Waals surface area contributed by atoms with Crippen molar-refractivity contribution in [1.82, 2.24) is 0 Å². The van der Waals surface area contributed by atoms with Gasteiger partial charge in [0.1, 0.15) is 0 Å². The van der Waals surface area contributed by atoms with Gasteiger partial charge in [0.15, 0.2) is 0 Å². The summed E-state index contributed by atoms with van der Waals surface area (Å²) in [6.45, 7) is 3.25. The second-order valence-electron chi connectivity index (χ2n) is 1.56. The zero-order chi connectivity index (χ0) is 10.7. The summed E-state index contributed by atoms with van der Waals surface area (Å²) in [7, 11) is 0. The molecule has 0 radical (unpaired) electrons. The van der Waals surface area contributed by atoms with E-state index in [0.29, 0.717) is 0 Å². The fraction of sp³-hybridized carbons (Fsp3) is 0.500. The summed E-state index contributed by atoms with van der Waals surface area (Å²) in [5, 5.41) is 22.2. The third kappa shape index (κ3) is 322. The van der Waals surface area contributed by atoms with Crippen molar-refractivity contribution in [2.24, 2.45) is 0 Å². The molecule has 8 nitrogen and oxygen atoms in total. The molecule has 14 heavy (non-hydrogen) atoms. The van der Waals surface area contributed by atoms with E-state index in [2.05, 4.69) is 0 Å². The summed E-state index contributed by atoms with van der Waals surface area (Å²) >= 11 is 0. The van der Waals surface area contributed by atoms with Crippen molar-refractivity contribution in [3.05, 3.63) is 0 Å². The third-order valence-corrected chi connectivity index (χ3v) is 0. The van der Waals surface area contributed by atoms with Crippen LogP contribution in [0.5, 0.6) is 0 Å². The van der Waals surface area contributed by atoms with E-state index < -0.39 is 17.9 Å². The van der Waals surface area contributed by atoms with Gasteiger partial charge in [0, 0.05) is 20.8 Å². The van der Waals surface area contributed by atoms with E-state index in [9.17, 15) is 0 Å². The van der Waals surface area contributed by atoms with Crippen LogP contribution in [-0.2, 0) is 14.4 Å². The van der Waals surface area contributed by atoms with E-state index in [-0.39, 0.29) is 11.0 Å². The number of aliphatic carboxylic acids is 3. The summed E-state index contributed by atoms with van der Waals surface area (Å²) < 4.78 is 0. The van der Waals surface area contributed by atoms with Gasteiger partial charge in [0.2, 0.25) is 0 Å².